The van der Waals surface area contributed by atoms with Crippen LogP contribution < -0.4 is 26.6 Å². The summed E-state index contributed by atoms with van der Waals surface area (Å²) in [4.78, 5) is 68.4. The number of piperidine rings is 1. The van der Waals surface area contributed by atoms with Crippen LogP contribution in [-0.2, 0) is 19.2 Å². The van der Waals surface area contributed by atoms with E-state index in [1.807, 2.05) is 59.8 Å². The zero-order chi connectivity index (χ0) is 35.2. The molecule has 5 amide bonds. The van der Waals surface area contributed by atoms with E-state index in [4.69, 9.17) is 0 Å². The summed E-state index contributed by atoms with van der Waals surface area (Å²) >= 11 is 4.62. The first kappa shape index (κ1) is 39.8. The van der Waals surface area contributed by atoms with Gasteiger partial charge in [0, 0.05) is 32.7 Å². The Morgan fingerprint density at radius 3 is 2.11 bits per heavy atom. The number of Topliss-reactive ketones (excluding diaryl/α,β-unsaturated/α-hetero) is 1. The molecule has 46 heavy (non-hydrogen) atoms. The number of ketones is 1. The van der Waals surface area contributed by atoms with Crippen LogP contribution in [0.2, 0.25) is 0 Å². The molecule has 6 atom stereocenters. The number of amides is 5. The Kier molecular flexibility index (Phi) is 14.0. The van der Waals surface area contributed by atoms with Crippen LogP contribution in [-0.4, -0.2) is 103 Å². The molecule has 1 aliphatic carbocycles. The van der Waals surface area contributed by atoms with E-state index < -0.39 is 47.2 Å². The molecule has 1 aliphatic heterocycles. The van der Waals surface area contributed by atoms with Crippen LogP contribution in [0, 0.1) is 28.1 Å². The summed E-state index contributed by atoms with van der Waals surface area (Å²) in [6.07, 6.45) is 2.68. The van der Waals surface area contributed by atoms with Gasteiger partial charge in [0.05, 0.1) is 6.04 Å². The van der Waals surface area contributed by atoms with Gasteiger partial charge in [-0.3, -0.25) is 23.5 Å². The zero-order valence-corrected chi connectivity index (χ0v) is 30.9. The van der Waals surface area contributed by atoms with Crippen LogP contribution in [0.3, 0.4) is 0 Å². The molecule has 264 valence electrons. The fraction of sp³-hybridized carbons (Fsp3) is 0.848. The summed E-state index contributed by atoms with van der Waals surface area (Å²) in [5.41, 5.74) is -1.11. The van der Waals surface area contributed by atoms with Crippen LogP contribution in [0.15, 0.2) is 0 Å². The molecule has 13 heteroatoms. The predicted octanol–water partition coefficient (Wildman–Crippen LogP) is 2.34. The van der Waals surface area contributed by atoms with Crippen molar-refractivity contribution in [1.29, 1.82) is 0 Å². The SMILES string of the molecule is CCCCC(NC(=O)[C@@H]1[C@@H]2[C@H](CN1C(=O)[C@@H](NC(=O)N[C@H](CN(S)CCCNC)C(C)(C)C)C(C)(C)C)C2(C)C)C(=O)C(=O)NC. The summed E-state index contributed by atoms with van der Waals surface area (Å²) < 4.78 is 1.89. The molecular weight excluding hydrogens is 606 g/mol. The Balaban J connectivity index is 2.28. The molecule has 2 aliphatic rings. The number of fused-ring (bicyclic) bond motifs is 1. The molecule has 0 bridgehead atoms. The molecule has 1 saturated heterocycles. The topological polar surface area (TPSA) is 152 Å². The zero-order valence-electron chi connectivity index (χ0n) is 30.0. The van der Waals surface area contributed by atoms with E-state index in [1.165, 1.54) is 7.05 Å². The van der Waals surface area contributed by atoms with Crippen molar-refractivity contribution >= 4 is 42.4 Å². The van der Waals surface area contributed by atoms with Gasteiger partial charge in [0.1, 0.15) is 12.1 Å². The highest BCUT2D eigenvalue weighted by Gasteiger charge is 2.70. The first-order valence-electron chi connectivity index (χ1n) is 16.7. The van der Waals surface area contributed by atoms with Crippen LogP contribution in [0.5, 0.6) is 0 Å². The van der Waals surface area contributed by atoms with Crippen molar-refractivity contribution in [1.82, 2.24) is 35.8 Å². The van der Waals surface area contributed by atoms with E-state index in [1.54, 1.807) is 4.90 Å². The molecule has 0 aromatic carbocycles. The number of carbonyl (C=O) groups excluding carboxylic acids is 5. The average Bonchev–Trinajstić information content (AvgIpc) is 3.27. The Morgan fingerprint density at radius 2 is 1.59 bits per heavy atom. The number of hydrogen-bond donors (Lipinski definition) is 6. The maximum Gasteiger partial charge on any atom is 0.315 e. The molecule has 0 spiro atoms. The van der Waals surface area contributed by atoms with Gasteiger partial charge in [-0.1, -0.05) is 88.0 Å². The summed E-state index contributed by atoms with van der Waals surface area (Å²) in [6, 6.07) is -3.44. The third-order valence-electron chi connectivity index (χ3n) is 9.67. The lowest BCUT2D eigenvalue weighted by Crippen LogP contribution is -2.62. The van der Waals surface area contributed by atoms with Crippen molar-refractivity contribution in [3.63, 3.8) is 0 Å². The second kappa shape index (κ2) is 16.1. The third-order valence-corrected chi connectivity index (χ3v) is 10.0. The molecule has 2 fully saturated rings. The number of unbranched alkanes of at least 4 members (excludes halogenated alkanes) is 1. The average molecular weight is 668 g/mol. The van der Waals surface area contributed by atoms with Gasteiger partial charge in [-0.05, 0) is 54.5 Å². The van der Waals surface area contributed by atoms with Gasteiger partial charge in [0.15, 0.2) is 0 Å². The molecule has 0 aromatic rings. The fourth-order valence-electron chi connectivity index (χ4n) is 6.45. The van der Waals surface area contributed by atoms with Crippen molar-refractivity contribution in [2.45, 2.75) is 112 Å². The minimum absolute atomic E-state index is 0.0950. The Bertz CT molecular complexity index is 1100. The molecule has 1 heterocycles. The van der Waals surface area contributed by atoms with E-state index in [0.717, 1.165) is 25.9 Å². The van der Waals surface area contributed by atoms with Crippen LogP contribution in [0.1, 0.15) is 88.0 Å². The van der Waals surface area contributed by atoms with Crippen molar-refractivity contribution in [3.05, 3.63) is 0 Å². The van der Waals surface area contributed by atoms with E-state index in [2.05, 4.69) is 53.2 Å². The number of nitrogens with one attached hydrogen (secondary N) is 5. The number of rotatable bonds is 16. The van der Waals surface area contributed by atoms with Crippen molar-refractivity contribution < 1.29 is 24.0 Å². The van der Waals surface area contributed by atoms with Crippen LogP contribution in [0.25, 0.3) is 0 Å². The number of likely N-dealkylation sites (N-methyl/N-ethyl adjacent to an activating group) is 1. The molecule has 5 N–H and O–H groups in total. The second-order valence-corrected chi connectivity index (χ2v) is 16.3. The molecular formula is C33H61N7O5S. The van der Waals surface area contributed by atoms with Gasteiger partial charge >= 0.3 is 6.03 Å². The monoisotopic (exact) mass is 667 g/mol. The fourth-order valence-corrected chi connectivity index (χ4v) is 6.76. The maximum absolute atomic E-state index is 14.3. The summed E-state index contributed by atoms with van der Waals surface area (Å²) in [5.74, 6) is -2.23. The number of likely N-dealkylation sites (tertiary alicyclic amines) is 1. The number of thiol groups is 1. The minimum atomic E-state index is -0.980. The number of nitrogens with zero attached hydrogens (tertiary/aromatic N) is 2. The number of carbonyl (C=O) groups is 5. The van der Waals surface area contributed by atoms with Gasteiger partial charge in [0.25, 0.3) is 5.91 Å². The second-order valence-electron chi connectivity index (χ2n) is 15.7. The highest BCUT2D eigenvalue weighted by molar-refractivity contribution is 7.77. The van der Waals surface area contributed by atoms with Crippen molar-refractivity contribution in [2.75, 3.05) is 40.3 Å². The smallest absolute Gasteiger partial charge is 0.315 e. The highest BCUT2D eigenvalue weighted by Crippen LogP contribution is 2.65. The summed E-state index contributed by atoms with van der Waals surface area (Å²) in [7, 11) is 3.28. The standard InChI is InChI=1S/C33H61N7O5S/c1-12-13-15-21(25(41)28(43)35-11)36-27(42)24-23-20(33(23,8)9)18-40(24)29(44)26(32(5,6)7)38-30(45)37-22(31(2,3)4)19-39(46)17-14-16-34-10/h20-24,26,34,46H,12-19H2,1-11H3,(H,35,43)(H,36,42)(H2,37,38,45)/t20-,21?,22+,23-,24-,26+/m0/s1. The third kappa shape index (κ3) is 10.1. The van der Waals surface area contributed by atoms with Gasteiger partial charge in [0.2, 0.25) is 17.6 Å². The van der Waals surface area contributed by atoms with E-state index in [9.17, 15) is 24.0 Å². The van der Waals surface area contributed by atoms with Gasteiger partial charge in [-0.15, -0.1) is 0 Å². The Morgan fingerprint density at radius 1 is 0.957 bits per heavy atom. The molecule has 1 saturated carbocycles. The lowest BCUT2D eigenvalue weighted by molar-refractivity contribution is -0.145. The molecule has 0 radical (unpaired) electrons. The first-order valence-corrected chi connectivity index (χ1v) is 17.1. The lowest BCUT2D eigenvalue weighted by Gasteiger charge is -2.39. The maximum atomic E-state index is 14.3. The van der Waals surface area contributed by atoms with Gasteiger partial charge in [-0.25, -0.2) is 4.79 Å². The predicted molar refractivity (Wildman–Crippen MR) is 184 cm³/mol. The van der Waals surface area contributed by atoms with Crippen LogP contribution >= 0.6 is 12.8 Å². The highest BCUT2D eigenvalue weighted by atomic mass is 32.1. The molecule has 2 rings (SSSR count). The summed E-state index contributed by atoms with van der Waals surface area (Å²) in [5, 5.41) is 14.3. The van der Waals surface area contributed by atoms with E-state index >= 15 is 0 Å². The van der Waals surface area contributed by atoms with Crippen LogP contribution in [0.4, 0.5) is 4.79 Å². The Labute approximate surface area is 282 Å². The van der Waals surface area contributed by atoms with E-state index in [0.29, 0.717) is 25.9 Å². The van der Waals surface area contributed by atoms with Gasteiger partial charge in [-0.2, -0.15) is 0 Å². The number of hydrogen-bond acceptors (Lipinski definition) is 8. The minimum Gasteiger partial charge on any atom is -0.353 e. The van der Waals surface area contributed by atoms with Crippen molar-refractivity contribution in [2.24, 2.45) is 28.1 Å². The lowest BCUT2D eigenvalue weighted by atomic mass is 9.85. The normalized spacial score (nSPS) is 22.4. The molecule has 12 nitrogen and oxygen atoms in total. The van der Waals surface area contributed by atoms with Gasteiger partial charge < -0.3 is 31.5 Å². The molecule has 1 unspecified atom stereocenters. The Hall–Kier alpha value is -2.38. The quantitative estimate of drug-likeness (QED) is 0.0840. The molecule has 0 aromatic heterocycles. The number of urea groups is 1. The first-order chi connectivity index (χ1) is 21.2. The van der Waals surface area contributed by atoms with E-state index in [-0.39, 0.29) is 34.6 Å². The van der Waals surface area contributed by atoms with Crippen molar-refractivity contribution in [3.8, 4) is 0 Å². The summed E-state index contributed by atoms with van der Waals surface area (Å²) in [6.45, 7) is 20.4. The largest absolute Gasteiger partial charge is 0.353 e.